The first-order valence-corrected chi connectivity index (χ1v) is 7.35. The molecule has 0 atom stereocenters. The molecule has 1 aromatic rings. The van der Waals surface area contributed by atoms with Crippen molar-refractivity contribution in [3.63, 3.8) is 0 Å². The second-order valence-electron chi connectivity index (χ2n) is 4.87. The van der Waals surface area contributed by atoms with Crippen molar-refractivity contribution < 1.29 is 4.79 Å². The van der Waals surface area contributed by atoms with Crippen LogP contribution in [0.25, 0.3) is 0 Å². The standard InChI is InChI=1S/C14H24ClN5O.HI/c1-5-6-17-13(21)8-18-14(16-2)20(4)10-12-7-11(15)9-19(12)3;/h7,9H,5-6,8,10H2,1-4H3,(H,16,18)(H,17,21);1H. The maximum Gasteiger partial charge on any atom is 0.239 e. The van der Waals surface area contributed by atoms with Gasteiger partial charge in [-0.05, 0) is 12.5 Å². The molecule has 0 aromatic carbocycles. The second kappa shape index (κ2) is 10.7. The van der Waals surface area contributed by atoms with Crippen LogP contribution in [-0.2, 0) is 18.4 Å². The number of nitrogens with one attached hydrogen (secondary N) is 2. The summed E-state index contributed by atoms with van der Waals surface area (Å²) in [6, 6.07) is 1.92. The molecule has 2 N–H and O–H groups in total. The summed E-state index contributed by atoms with van der Waals surface area (Å²) >= 11 is 5.98. The van der Waals surface area contributed by atoms with E-state index in [1.165, 1.54) is 0 Å². The number of rotatable bonds is 6. The zero-order valence-electron chi connectivity index (χ0n) is 13.5. The van der Waals surface area contributed by atoms with Gasteiger partial charge in [-0.2, -0.15) is 0 Å². The van der Waals surface area contributed by atoms with E-state index in [2.05, 4.69) is 15.6 Å². The Bertz CT molecular complexity index is 503. The van der Waals surface area contributed by atoms with Gasteiger partial charge in [-0.15, -0.1) is 24.0 Å². The molecular weight excluding hydrogens is 417 g/mol. The molecule has 1 aromatic heterocycles. The largest absolute Gasteiger partial charge is 0.355 e. The summed E-state index contributed by atoms with van der Waals surface area (Å²) in [5.74, 6) is 0.632. The van der Waals surface area contributed by atoms with Crippen LogP contribution < -0.4 is 10.6 Å². The number of aliphatic imine (C=N–C) groups is 1. The molecule has 1 amide bonds. The van der Waals surface area contributed by atoms with Gasteiger partial charge in [0.25, 0.3) is 0 Å². The highest BCUT2D eigenvalue weighted by atomic mass is 127. The minimum atomic E-state index is -0.0340. The Morgan fingerprint density at radius 2 is 2.14 bits per heavy atom. The maximum atomic E-state index is 11.6. The zero-order chi connectivity index (χ0) is 15.8. The Hall–Kier alpha value is -0.960. The summed E-state index contributed by atoms with van der Waals surface area (Å²) in [6.07, 6.45) is 2.79. The molecule has 0 radical (unpaired) electrons. The van der Waals surface area contributed by atoms with Crippen molar-refractivity contribution in [2.45, 2.75) is 19.9 Å². The molecule has 0 saturated carbocycles. The maximum absolute atomic E-state index is 11.6. The Morgan fingerprint density at radius 1 is 1.45 bits per heavy atom. The molecular formula is C14H25ClIN5O. The molecule has 0 saturated heterocycles. The number of aromatic nitrogens is 1. The number of guanidine groups is 1. The molecule has 0 fully saturated rings. The molecule has 0 bridgehead atoms. The van der Waals surface area contributed by atoms with E-state index in [0.717, 1.165) is 12.1 Å². The Balaban J connectivity index is 0.00000441. The summed E-state index contributed by atoms with van der Waals surface area (Å²) in [5.41, 5.74) is 1.07. The number of aryl methyl sites for hydroxylation is 1. The lowest BCUT2D eigenvalue weighted by atomic mass is 10.4. The number of hydrogen-bond acceptors (Lipinski definition) is 2. The number of carbonyl (C=O) groups excluding carboxylic acids is 1. The highest BCUT2D eigenvalue weighted by Gasteiger charge is 2.10. The van der Waals surface area contributed by atoms with E-state index in [4.69, 9.17) is 11.6 Å². The molecule has 0 aliphatic rings. The van der Waals surface area contributed by atoms with Crippen molar-refractivity contribution in [2.75, 3.05) is 27.2 Å². The smallest absolute Gasteiger partial charge is 0.239 e. The summed E-state index contributed by atoms with van der Waals surface area (Å²) < 4.78 is 1.97. The first kappa shape index (κ1) is 21.0. The molecule has 0 aliphatic heterocycles. The van der Waals surface area contributed by atoms with E-state index < -0.39 is 0 Å². The van der Waals surface area contributed by atoms with Crippen LogP contribution in [0.3, 0.4) is 0 Å². The van der Waals surface area contributed by atoms with Gasteiger partial charge in [0, 0.05) is 39.6 Å². The van der Waals surface area contributed by atoms with E-state index in [1.807, 2.05) is 42.7 Å². The molecule has 0 spiro atoms. The fraction of sp³-hybridized carbons (Fsp3) is 0.571. The predicted octanol–water partition coefficient (Wildman–Crippen LogP) is 1.83. The first-order valence-electron chi connectivity index (χ1n) is 6.97. The second-order valence-corrected chi connectivity index (χ2v) is 5.30. The fourth-order valence-corrected chi connectivity index (χ4v) is 2.18. The van der Waals surface area contributed by atoms with E-state index in [0.29, 0.717) is 24.1 Å². The van der Waals surface area contributed by atoms with Crippen LogP contribution in [0.2, 0.25) is 5.02 Å². The van der Waals surface area contributed by atoms with Crippen molar-refractivity contribution in [1.29, 1.82) is 0 Å². The molecule has 22 heavy (non-hydrogen) atoms. The van der Waals surface area contributed by atoms with Gasteiger partial charge >= 0.3 is 0 Å². The predicted molar refractivity (Wildman–Crippen MR) is 102 cm³/mol. The lowest BCUT2D eigenvalue weighted by molar-refractivity contribution is -0.120. The molecule has 1 rings (SSSR count). The summed E-state index contributed by atoms with van der Waals surface area (Å²) in [7, 11) is 5.56. The van der Waals surface area contributed by atoms with Crippen molar-refractivity contribution >= 4 is 47.4 Å². The number of amides is 1. The average Bonchev–Trinajstić information content (AvgIpc) is 2.75. The first-order chi connectivity index (χ1) is 9.97. The quantitative estimate of drug-likeness (QED) is 0.402. The Morgan fingerprint density at radius 3 is 2.64 bits per heavy atom. The van der Waals surface area contributed by atoms with Crippen LogP contribution in [0.4, 0.5) is 0 Å². The normalized spacial score (nSPS) is 10.9. The van der Waals surface area contributed by atoms with Crippen LogP contribution in [0.5, 0.6) is 0 Å². The lowest BCUT2D eigenvalue weighted by Gasteiger charge is -2.22. The Labute approximate surface area is 154 Å². The van der Waals surface area contributed by atoms with Gasteiger partial charge < -0.3 is 20.1 Å². The van der Waals surface area contributed by atoms with Gasteiger partial charge in [0.2, 0.25) is 5.91 Å². The van der Waals surface area contributed by atoms with Crippen LogP contribution >= 0.6 is 35.6 Å². The van der Waals surface area contributed by atoms with Crippen molar-refractivity contribution in [3.8, 4) is 0 Å². The van der Waals surface area contributed by atoms with E-state index in [-0.39, 0.29) is 36.4 Å². The van der Waals surface area contributed by atoms with Gasteiger partial charge in [-0.25, -0.2) is 0 Å². The summed E-state index contributed by atoms with van der Waals surface area (Å²) in [4.78, 5) is 17.7. The minimum absolute atomic E-state index is 0. The minimum Gasteiger partial charge on any atom is -0.355 e. The van der Waals surface area contributed by atoms with Crippen LogP contribution in [0.1, 0.15) is 19.0 Å². The van der Waals surface area contributed by atoms with E-state index in [1.54, 1.807) is 7.05 Å². The van der Waals surface area contributed by atoms with Crippen LogP contribution in [0, 0.1) is 0 Å². The van der Waals surface area contributed by atoms with Gasteiger partial charge in [0.15, 0.2) is 5.96 Å². The van der Waals surface area contributed by atoms with E-state index >= 15 is 0 Å². The number of halogens is 2. The zero-order valence-corrected chi connectivity index (χ0v) is 16.6. The summed E-state index contributed by atoms with van der Waals surface area (Å²) in [5, 5.41) is 6.57. The SMILES string of the molecule is CCCNC(=O)CNC(=NC)N(C)Cc1cc(Cl)cn1C.I. The molecule has 0 unspecified atom stereocenters. The monoisotopic (exact) mass is 441 g/mol. The van der Waals surface area contributed by atoms with Gasteiger partial charge in [-0.3, -0.25) is 9.79 Å². The van der Waals surface area contributed by atoms with E-state index in [9.17, 15) is 4.79 Å². The van der Waals surface area contributed by atoms with Crippen molar-refractivity contribution in [3.05, 3.63) is 23.0 Å². The molecule has 126 valence electrons. The van der Waals surface area contributed by atoms with Crippen LogP contribution in [0.15, 0.2) is 17.3 Å². The third kappa shape index (κ3) is 6.87. The van der Waals surface area contributed by atoms with Gasteiger partial charge in [0.05, 0.1) is 18.1 Å². The average molecular weight is 442 g/mol. The van der Waals surface area contributed by atoms with Crippen molar-refractivity contribution in [2.24, 2.45) is 12.0 Å². The van der Waals surface area contributed by atoms with Crippen LogP contribution in [-0.4, -0.2) is 48.5 Å². The topological polar surface area (TPSA) is 61.7 Å². The third-order valence-corrected chi connectivity index (χ3v) is 3.23. The molecule has 8 heteroatoms. The molecule has 6 nitrogen and oxygen atoms in total. The Kier molecular flexibility index (Phi) is 10.2. The number of hydrogen-bond donors (Lipinski definition) is 2. The number of nitrogens with zero attached hydrogens (tertiary/aromatic N) is 3. The van der Waals surface area contributed by atoms with Gasteiger partial charge in [0.1, 0.15) is 0 Å². The fourth-order valence-electron chi connectivity index (χ4n) is 1.91. The number of carbonyl (C=O) groups is 1. The highest BCUT2D eigenvalue weighted by molar-refractivity contribution is 14.0. The van der Waals surface area contributed by atoms with Gasteiger partial charge in [-0.1, -0.05) is 18.5 Å². The third-order valence-electron chi connectivity index (χ3n) is 3.03. The highest BCUT2D eigenvalue weighted by Crippen LogP contribution is 2.14. The lowest BCUT2D eigenvalue weighted by Crippen LogP contribution is -2.44. The summed E-state index contributed by atoms with van der Waals surface area (Å²) in [6.45, 7) is 3.58. The molecule has 0 aliphatic carbocycles. The van der Waals surface area contributed by atoms with Crippen molar-refractivity contribution in [1.82, 2.24) is 20.1 Å². The molecule has 1 heterocycles.